The molecule has 20 heavy (non-hydrogen) atoms. The van der Waals surface area contributed by atoms with Gasteiger partial charge in [0.2, 0.25) is 0 Å². The van der Waals surface area contributed by atoms with Gasteiger partial charge in [0.05, 0.1) is 7.11 Å². The number of methoxy groups -OCH3 is 1. The maximum atomic E-state index is 6.05. The third-order valence-corrected chi connectivity index (χ3v) is 3.44. The molecule has 0 aliphatic heterocycles. The van der Waals surface area contributed by atoms with Crippen LogP contribution in [0.1, 0.15) is 18.1 Å². The number of rotatable bonds is 6. The van der Waals surface area contributed by atoms with Crippen molar-refractivity contribution >= 4 is 17.4 Å². The van der Waals surface area contributed by atoms with E-state index in [1.54, 1.807) is 7.11 Å². The zero-order valence-electron chi connectivity index (χ0n) is 11.7. The number of aromatic nitrogens is 2. The van der Waals surface area contributed by atoms with Crippen molar-refractivity contribution in [1.82, 2.24) is 9.97 Å². The van der Waals surface area contributed by atoms with Gasteiger partial charge in [-0.25, -0.2) is 9.97 Å². The SMILES string of the molecule is CCc1c(Cl)ncnc1NCCc1ccc(OC)cc1. The lowest BCUT2D eigenvalue weighted by Crippen LogP contribution is -2.09. The predicted octanol–water partition coefficient (Wildman–Crippen LogP) is 3.36. The largest absolute Gasteiger partial charge is 0.497 e. The number of ether oxygens (including phenoxy) is 1. The van der Waals surface area contributed by atoms with Crippen LogP contribution in [-0.2, 0) is 12.8 Å². The third kappa shape index (κ3) is 3.61. The Labute approximate surface area is 124 Å². The van der Waals surface area contributed by atoms with Crippen molar-refractivity contribution in [3.05, 3.63) is 46.9 Å². The van der Waals surface area contributed by atoms with Crippen molar-refractivity contribution in [3.63, 3.8) is 0 Å². The van der Waals surface area contributed by atoms with Crippen molar-refractivity contribution in [1.29, 1.82) is 0 Å². The van der Waals surface area contributed by atoms with E-state index >= 15 is 0 Å². The first-order valence-electron chi connectivity index (χ1n) is 6.60. The van der Waals surface area contributed by atoms with Crippen LogP contribution in [-0.4, -0.2) is 23.6 Å². The quantitative estimate of drug-likeness (QED) is 0.829. The summed E-state index contributed by atoms with van der Waals surface area (Å²) in [6.07, 6.45) is 3.20. The monoisotopic (exact) mass is 291 g/mol. The summed E-state index contributed by atoms with van der Waals surface area (Å²) >= 11 is 6.05. The molecule has 0 radical (unpaired) electrons. The Hall–Kier alpha value is -1.81. The van der Waals surface area contributed by atoms with E-state index < -0.39 is 0 Å². The lowest BCUT2D eigenvalue weighted by molar-refractivity contribution is 0.414. The first kappa shape index (κ1) is 14.6. The van der Waals surface area contributed by atoms with E-state index in [2.05, 4.69) is 27.4 Å². The minimum atomic E-state index is 0.523. The Morgan fingerprint density at radius 2 is 1.95 bits per heavy atom. The van der Waals surface area contributed by atoms with Crippen molar-refractivity contribution in [3.8, 4) is 5.75 Å². The van der Waals surface area contributed by atoms with Crippen LogP contribution in [0.25, 0.3) is 0 Å². The molecular weight excluding hydrogens is 274 g/mol. The lowest BCUT2D eigenvalue weighted by Gasteiger charge is -2.10. The summed E-state index contributed by atoms with van der Waals surface area (Å²) in [4.78, 5) is 8.24. The molecule has 1 aromatic heterocycles. The molecule has 0 saturated carbocycles. The molecular formula is C15H18ClN3O. The Bertz CT molecular complexity index is 558. The van der Waals surface area contributed by atoms with Gasteiger partial charge in [-0.1, -0.05) is 30.7 Å². The number of benzene rings is 1. The van der Waals surface area contributed by atoms with E-state index in [0.29, 0.717) is 5.15 Å². The van der Waals surface area contributed by atoms with Gasteiger partial charge >= 0.3 is 0 Å². The van der Waals surface area contributed by atoms with E-state index in [4.69, 9.17) is 16.3 Å². The Balaban J connectivity index is 1.94. The molecule has 0 amide bonds. The van der Waals surface area contributed by atoms with E-state index in [1.807, 2.05) is 19.1 Å². The second-order valence-corrected chi connectivity index (χ2v) is 4.73. The van der Waals surface area contributed by atoms with E-state index in [1.165, 1.54) is 11.9 Å². The van der Waals surface area contributed by atoms with Gasteiger partial charge in [0.1, 0.15) is 23.0 Å². The summed E-state index contributed by atoms with van der Waals surface area (Å²) in [6.45, 7) is 2.84. The normalized spacial score (nSPS) is 10.3. The fourth-order valence-electron chi connectivity index (χ4n) is 1.97. The van der Waals surface area contributed by atoms with Crippen LogP contribution in [0.2, 0.25) is 5.15 Å². The Kier molecular flexibility index (Phi) is 5.18. The smallest absolute Gasteiger partial charge is 0.137 e. The van der Waals surface area contributed by atoms with Crippen LogP contribution in [0, 0.1) is 0 Å². The molecule has 0 unspecified atom stereocenters. The van der Waals surface area contributed by atoms with Gasteiger partial charge in [0.15, 0.2) is 0 Å². The summed E-state index contributed by atoms with van der Waals surface area (Å²) in [5, 5.41) is 3.84. The molecule has 0 aliphatic rings. The zero-order chi connectivity index (χ0) is 14.4. The highest BCUT2D eigenvalue weighted by Crippen LogP contribution is 2.20. The maximum absolute atomic E-state index is 6.05. The van der Waals surface area contributed by atoms with Crippen LogP contribution in [0.4, 0.5) is 5.82 Å². The molecule has 106 valence electrons. The van der Waals surface area contributed by atoms with Gasteiger partial charge in [-0.05, 0) is 30.5 Å². The van der Waals surface area contributed by atoms with Gasteiger partial charge in [-0.2, -0.15) is 0 Å². The van der Waals surface area contributed by atoms with Crippen molar-refractivity contribution in [2.75, 3.05) is 19.0 Å². The van der Waals surface area contributed by atoms with Crippen LogP contribution >= 0.6 is 11.6 Å². The van der Waals surface area contributed by atoms with Gasteiger partial charge in [-0.15, -0.1) is 0 Å². The minimum absolute atomic E-state index is 0.523. The average Bonchev–Trinajstić information content (AvgIpc) is 2.48. The van der Waals surface area contributed by atoms with Crippen LogP contribution in [0.15, 0.2) is 30.6 Å². The van der Waals surface area contributed by atoms with Crippen LogP contribution in [0.3, 0.4) is 0 Å². The molecule has 1 heterocycles. The number of anilines is 1. The van der Waals surface area contributed by atoms with Crippen LogP contribution < -0.4 is 10.1 Å². The zero-order valence-corrected chi connectivity index (χ0v) is 12.4. The molecule has 4 nitrogen and oxygen atoms in total. The highest BCUT2D eigenvalue weighted by atomic mass is 35.5. The molecule has 0 atom stereocenters. The number of nitrogens with zero attached hydrogens (tertiary/aromatic N) is 2. The second kappa shape index (κ2) is 7.10. The first-order chi connectivity index (χ1) is 9.74. The summed E-state index contributed by atoms with van der Waals surface area (Å²) in [5.41, 5.74) is 2.21. The molecule has 0 spiro atoms. The Morgan fingerprint density at radius 1 is 1.20 bits per heavy atom. The second-order valence-electron chi connectivity index (χ2n) is 4.37. The lowest BCUT2D eigenvalue weighted by atomic mass is 10.1. The topological polar surface area (TPSA) is 47.0 Å². The van der Waals surface area contributed by atoms with Crippen molar-refractivity contribution in [2.24, 2.45) is 0 Å². The molecule has 0 bridgehead atoms. The number of halogens is 1. The molecule has 1 aromatic carbocycles. The number of hydrogen-bond acceptors (Lipinski definition) is 4. The first-order valence-corrected chi connectivity index (χ1v) is 6.98. The van der Waals surface area contributed by atoms with Crippen LogP contribution in [0.5, 0.6) is 5.75 Å². The molecule has 2 aromatic rings. The summed E-state index contributed by atoms with van der Waals surface area (Å²) in [7, 11) is 1.67. The van der Waals surface area contributed by atoms with Crippen molar-refractivity contribution < 1.29 is 4.74 Å². The number of hydrogen-bond donors (Lipinski definition) is 1. The van der Waals surface area contributed by atoms with Gasteiger partial charge in [0, 0.05) is 12.1 Å². The molecule has 0 saturated heterocycles. The van der Waals surface area contributed by atoms with Gasteiger partial charge in [0.25, 0.3) is 0 Å². The summed E-state index contributed by atoms with van der Waals surface area (Å²) in [6, 6.07) is 8.06. The predicted molar refractivity (Wildman–Crippen MR) is 81.6 cm³/mol. The standard InChI is InChI=1S/C15H18ClN3O/c1-3-13-14(16)18-10-19-15(13)17-9-8-11-4-6-12(20-2)7-5-11/h4-7,10H,3,8-9H2,1-2H3,(H,17,18,19). The highest BCUT2D eigenvalue weighted by molar-refractivity contribution is 6.30. The average molecular weight is 292 g/mol. The fraction of sp³-hybridized carbons (Fsp3) is 0.333. The molecule has 0 aliphatic carbocycles. The van der Waals surface area contributed by atoms with E-state index in [9.17, 15) is 0 Å². The number of nitrogens with one attached hydrogen (secondary N) is 1. The summed E-state index contributed by atoms with van der Waals surface area (Å²) < 4.78 is 5.14. The minimum Gasteiger partial charge on any atom is -0.497 e. The fourth-order valence-corrected chi connectivity index (χ4v) is 2.24. The van der Waals surface area contributed by atoms with E-state index in [-0.39, 0.29) is 0 Å². The third-order valence-electron chi connectivity index (χ3n) is 3.11. The molecule has 2 rings (SSSR count). The van der Waals surface area contributed by atoms with Gasteiger partial charge in [-0.3, -0.25) is 0 Å². The highest BCUT2D eigenvalue weighted by Gasteiger charge is 2.07. The maximum Gasteiger partial charge on any atom is 0.137 e. The summed E-state index contributed by atoms with van der Waals surface area (Å²) in [5.74, 6) is 1.69. The molecule has 0 fully saturated rings. The molecule has 5 heteroatoms. The van der Waals surface area contributed by atoms with Gasteiger partial charge < -0.3 is 10.1 Å². The molecule has 1 N–H and O–H groups in total. The van der Waals surface area contributed by atoms with Crippen molar-refractivity contribution in [2.45, 2.75) is 19.8 Å². The Morgan fingerprint density at radius 3 is 2.60 bits per heavy atom. The van der Waals surface area contributed by atoms with E-state index in [0.717, 1.165) is 36.5 Å².